The van der Waals surface area contributed by atoms with Gasteiger partial charge in [-0.1, -0.05) is 48.7 Å². The monoisotopic (exact) mass is 402 g/mol. The van der Waals surface area contributed by atoms with Gasteiger partial charge in [0.2, 0.25) is 0 Å². The molecule has 0 saturated heterocycles. The Labute approximate surface area is 139 Å². The van der Waals surface area contributed by atoms with Gasteiger partial charge in [-0.15, -0.1) is 0 Å². The predicted molar refractivity (Wildman–Crippen MR) is 92.8 cm³/mol. The molecule has 0 aliphatic heterocycles. The van der Waals surface area contributed by atoms with E-state index in [4.69, 9.17) is 4.74 Å². The van der Waals surface area contributed by atoms with Crippen LogP contribution in [0.2, 0.25) is 0 Å². The minimum absolute atomic E-state index is 0.436. The van der Waals surface area contributed by atoms with Gasteiger partial charge in [0, 0.05) is 4.83 Å². The molecule has 20 heavy (non-hydrogen) atoms. The van der Waals surface area contributed by atoms with Gasteiger partial charge in [-0.2, -0.15) is 0 Å². The Balaban J connectivity index is 2.18. The molecule has 0 N–H and O–H groups in total. The maximum absolute atomic E-state index is 5.74. The molecule has 0 heterocycles. The first-order valence-electron chi connectivity index (χ1n) is 7.69. The second-order valence-corrected chi connectivity index (χ2v) is 7.59. The Morgan fingerprint density at radius 3 is 2.50 bits per heavy atom. The second-order valence-electron chi connectivity index (χ2n) is 5.82. The van der Waals surface area contributed by atoms with Crippen LogP contribution in [0.15, 0.2) is 22.7 Å². The van der Waals surface area contributed by atoms with Crippen molar-refractivity contribution in [1.82, 2.24) is 0 Å². The lowest BCUT2D eigenvalue weighted by atomic mass is 9.77. The van der Waals surface area contributed by atoms with Gasteiger partial charge in [-0.25, -0.2) is 0 Å². The molecule has 1 atom stereocenters. The van der Waals surface area contributed by atoms with Crippen molar-refractivity contribution in [2.45, 2.75) is 57.2 Å². The average molecular weight is 404 g/mol. The molecule has 1 aliphatic rings. The van der Waals surface area contributed by atoms with E-state index in [-0.39, 0.29) is 0 Å². The summed E-state index contributed by atoms with van der Waals surface area (Å²) in [6, 6.07) is 6.53. The van der Waals surface area contributed by atoms with Crippen LogP contribution in [-0.2, 0) is 0 Å². The van der Waals surface area contributed by atoms with Crippen LogP contribution in [0.25, 0.3) is 0 Å². The topological polar surface area (TPSA) is 9.23 Å². The van der Waals surface area contributed by atoms with Gasteiger partial charge >= 0.3 is 0 Å². The lowest BCUT2D eigenvalue weighted by Crippen LogP contribution is -2.21. The Morgan fingerprint density at radius 1 is 1.25 bits per heavy atom. The normalized spacial score (nSPS) is 19.0. The zero-order valence-electron chi connectivity index (χ0n) is 12.4. The summed E-state index contributed by atoms with van der Waals surface area (Å²) >= 11 is 7.63. The van der Waals surface area contributed by atoms with Crippen LogP contribution in [0.3, 0.4) is 0 Å². The molecule has 2 rings (SSSR count). The maximum atomic E-state index is 5.74. The van der Waals surface area contributed by atoms with Crippen LogP contribution in [0.1, 0.15) is 62.8 Å². The molecular weight excluding hydrogens is 380 g/mol. The van der Waals surface area contributed by atoms with Crippen LogP contribution in [0.5, 0.6) is 5.75 Å². The highest BCUT2D eigenvalue weighted by atomic mass is 79.9. The lowest BCUT2D eigenvalue weighted by molar-refractivity contribution is 0.279. The van der Waals surface area contributed by atoms with Crippen LogP contribution in [0, 0.1) is 5.41 Å². The number of hydrogen-bond acceptors (Lipinski definition) is 1. The van der Waals surface area contributed by atoms with E-state index in [1.54, 1.807) is 0 Å². The highest BCUT2D eigenvalue weighted by Crippen LogP contribution is 2.54. The highest BCUT2D eigenvalue weighted by Gasteiger charge is 2.39. The number of alkyl halides is 1. The lowest BCUT2D eigenvalue weighted by Gasteiger charge is -2.33. The molecule has 1 saturated carbocycles. The Hall–Kier alpha value is -0.0200. The first-order chi connectivity index (χ1) is 9.63. The fourth-order valence-corrected chi connectivity index (χ4v) is 4.80. The molecule has 1 unspecified atom stereocenters. The van der Waals surface area contributed by atoms with Crippen molar-refractivity contribution in [1.29, 1.82) is 0 Å². The summed E-state index contributed by atoms with van der Waals surface area (Å²) in [5, 5.41) is 0. The van der Waals surface area contributed by atoms with Crippen molar-refractivity contribution in [3.05, 3.63) is 28.2 Å². The quantitative estimate of drug-likeness (QED) is 0.483. The number of hydrogen-bond donors (Lipinski definition) is 0. The summed E-state index contributed by atoms with van der Waals surface area (Å²) in [4.78, 5) is 0.444. The minimum atomic E-state index is 0.436. The third-order valence-electron chi connectivity index (χ3n) is 4.55. The van der Waals surface area contributed by atoms with Crippen LogP contribution in [-0.4, -0.2) is 6.61 Å². The molecule has 1 fully saturated rings. The molecule has 0 radical (unpaired) electrons. The number of rotatable bonds is 6. The van der Waals surface area contributed by atoms with Crippen molar-refractivity contribution < 1.29 is 4.74 Å². The fourth-order valence-electron chi connectivity index (χ4n) is 3.22. The van der Waals surface area contributed by atoms with Gasteiger partial charge in [0.25, 0.3) is 0 Å². The van der Waals surface area contributed by atoms with E-state index >= 15 is 0 Å². The summed E-state index contributed by atoms with van der Waals surface area (Å²) in [5.74, 6) is 0.951. The van der Waals surface area contributed by atoms with Crippen LogP contribution >= 0.6 is 31.9 Å². The first-order valence-corrected chi connectivity index (χ1v) is 9.40. The third kappa shape index (κ3) is 3.41. The zero-order valence-corrected chi connectivity index (χ0v) is 15.6. The summed E-state index contributed by atoms with van der Waals surface area (Å²) < 4.78 is 6.80. The van der Waals surface area contributed by atoms with E-state index in [0.29, 0.717) is 10.2 Å². The Kier molecular flexibility index (Phi) is 5.97. The van der Waals surface area contributed by atoms with Gasteiger partial charge in [0.05, 0.1) is 11.1 Å². The van der Waals surface area contributed by atoms with Crippen molar-refractivity contribution in [3.8, 4) is 5.75 Å². The molecule has 1 aromatic rings. The van der Waals surface area contributed by atoms with E-state index < -0.39 is 0 Å². The maximum Gasteiger partial charge on any atom is 0.133 e. The van der Waals surface area contributed by atoms with Crippen molar-refractivity contribution in [2.75, 3.05) is 6.61 Å². The van der Waals surface area contributed by atoms with E-state index in [9.17, 15) is 0 Å². The number of halogens is 2. The van der Waals surface area contributed by atoms with Crippen LogP contribution < -0.4 is 4.74 Å². The SMILES string of the molecule is CCCOc1ccc(C(Br)C2(CC)CCCC2)cc1Br. The summed E-state index contributed by atoms with van der Waals surface area (Å²) in [7, 11) is 0. The van der Waals surface area contributed by atoms with Crippen LogP contribution in [0.4, 0.5) is 0 Å². The van der Waals surface area contributed by atoms with Gasteiger partial charge in [-0.05, 0) is 64.7 Å². The minimum Gasteiger partial charge on any atom is -0.492 e. The molecule has 1 aromatic carbocycles. The van der Waals surface area contributed by atoms with Gasteiger partial charge in [-0.3, -0.25) is 0 Å². The summed E-state index contributed by atoms with van der Waals surface area (Å²) in [5.41, 5.74) is 1.80. The molecule has 1 nitrogen and oxygen atoms in total. The molecule has 0 aromatic heterocycles. The van der Waals surface area contributed by atoms with E-state index in [1.165, 1.54) is 37.7 Å². The smallest absolute Gasteiger partial charge is 0.133 e. The van der Waals surface area contributed by atoms with E-state index in [2.05, 4.69) is 63.9 Å². The Bertz CT molecular complexity index is 439. The zero-order chi connectivity index (χ0) is 14.6. The van der Waals surface area contributed by atoms with Gasteiger partial charge < -0.3 is 4.74 Å². The molecule has 0 bridgehead atoms. The molecule has 0 spiro atoms. The molecule has 3 heteroatoms. The summed E-state index contributed by atoms with van der Waals surface area (Å²) in [6.07, 6.45) is 7.70. The fraction of sp³-hybridized carbons (Fsp3) is 0.647. The summed E-state index contributed by atoms with van der Waals surface area (Å²) in [6.45, 7) is 5.23. The number of ether oxygens (including phenoxy) is 1. The third-order valence-corrected chi connectivity index (χ3v) is 6.67. The van der Waals surface area contributed by atoms with E-state index in [0.717, 1.165) is 23.2 Å². The Morgan fingerprint density at radius 2 is 1.95 bits per heavy atom. The molecule has 112 valence electrons. The molecule has 0 amide bonds. The largest absolute Gasteiger partial charge is 0.492 e. The van der Waals surface area contributed by atoms with Crippen molar-refractivity contribution in [3.63, 3.8) is 0 Å². The van der Waals surface area contributed by atoms with E-state index in [1.807, 2.05) is 0 Å². The second kappa shape index (κ2) is 7.31. The standard InChI is InChI=1S/C17H24Br2O/c1-3-11-20-15-8-7-13(12-14(15)18)16(19)17(4-2)9-5-6-10-17/h7-8,12,16H,3-6,9-11H2,1-2H3. The average Bonchev–Trinajstić information content (AvgIpc) is 2.95. The molecular formula is C17H24Br2O. The van der Waals surface area contributed by atoms with Crippen molar-refractivity contribution >= 4 is 31.9 Å². The molecule has 1 aliphatic carbocycles. The number of benzene rings is 1. The van der Waals surface area contributed by atoms with Gasteiger partial charge in [0.1, 0.15) is 5.75 Å². The van der Waals surface area contributed by atoms with Gasteiger partial charge in [0.15, 0.2) is 0 Å². The predicted octanol–water partition coefficient (Wildman–Crippen LogP) is 6.64. The first kappa shape index (κ1) is 16.4. The van der Waals surface area contributed by atoms with Crippen molar-refractivity contribution in [2.24, 2.45) is 5.41 Å². The highest BCUT2D eigenvalue weighted by molar-refractivity contribution is 9.10.